The highest BCUT2D eigenvalue weighted by atomic mass is 19.1. The Morgan fingerprint density at radius 3 is 2.96 bits per heavy atom. The van der Waals surface area contributed by atoms with Crippen molar-refractivity contribution in [2.24, 2.45) is 5.92 Å². The molecule has 1 N–H and O–H groups in total. The molecule has 1 fully saturated rings. The quantitative estimate of drug-likeness (QED) is 0.904. The van der Waals surface area contributed by atoms with E-state index < -0.39 is 0 Å². The Labute approximate surface area is 140 Å². The third-order valence-electron chi connectivity index (χ3n) is 4.36. The van der Waals surface area contributed by atoms with Gasteiger partial charge in [0.1, 0.15) is 11.6 Å². The van der Waals surface area contributed by atoms with Gasteiger partial charge in [-0.2, -0.15) is 5.10 Å². The molecule has 0 saturated carbocycles. The van der Waals surface area contributed by atoms with Crippen LogP contribution in [0.4, 0.5) is 4.39 Å². The van der Waals surface area contributed by atoms with Gasteiger partial charge in [-0.05, 0) is 24.6 Å². The second-order valence-corrected chi connectivity index (χ2v) is 6.21. The molecule has 0 bridgehead atoms. The predicted molar refractivity (Wildman–Crippen MR) is 85.9 cm³/mol. The first-order chi connectivity index (χ1) is 11.6. The van der Waals surface area contributed by atoms with E-state index >= 15 is 0 Å². The van der Waals surface area contributed by atoms with Crippen molar-refractivity contribution < 1.29 is 13.9 Å². The lowest BCUT2D eigenvalue weighted by Crippen LogP contribution is -2.30. The molecule has 0 aliphatic carbocycles. The first kappa shape index (κ1) is 16.6. The maximum atomic E-state index is 13.3. The molecule has 1 aliphatic heterocycles. The first-order valence-electron chi connectivity index (χ1n) is 7.97. The van der Waals surface area contributed by atoms with Gasteiger partial charge in [-0.25, -0.2) is 9.37 Å². The lowest BCUT2D eigenvalue weighted by molar-refractivity contribution is -0.129. The van der Waals surface area contributed by atoms with Gasteiger partial charge >= 0.3 is 0 Å². The van der Waals surface area contributed by atoms with Crippen LogP contribution in [0.5, 0.6) is 0 Å². The Kier molecular flexibility index (Phi) is 4.89. The molecular weight excluding hydrogens is 311 g/mol. The molecule has 2 unspecified atom stereocenters. The van der Waals surface area contributed by atoms with Crippen molar-refractivity contribution in [2.75, 3.05) is 26.8 Å². The Morgan fingerprint density at radius 2 is 2.29 bits per heavy atom. The summed E-state index contributed by atoms with van der Waals surface area (Å²) < 4.78 is 18.6. The van der Waals surface area contributed by atoms with E-state index in [9.17, 15) is 9.18 Å². The maximum Gasteiger partial charge on any atom is 0.227 e. The van der Waals surface area contributed by atoms with E-state index in [4.69, 9.17) is 4.74 Å². The summed E-state index contributed by atoms with van der Waals surface area (Å²) in [5, 5.41) is 7.09. The number of halogens is 1. The summed E-state index contributed by atoms with van der Waals surface area (Å²) in [6, 6.07) is 6.16. The summed E-state index contributed by atoms with van der Waals surface area (Å²) in [6.45, 7) is 3.55. The van der Waals surface area contributed by atoms with Crippen LogP contribution in [0.1, 0.15) is 23.1 Å². The van der Waals surface area contributed by atoms with Gasteiger partial charge in [0, 0.05) is 32.0 Å². The summed E-state index contributed by atoms with van der Waals surface area (Å²) in [4.78, 5) is 18.8. The van der Waals surface area contributed by atoms with Crippen molar-refractivity contribution in [3.05, 3.63) is 47.3 Å². The number of likely N-dealkylation sites (tertiary alicyclic amines) is 1. The summed E-state index contributed by atoms with van der Waals surface area (Å²) in [6.07, 6.45) is 0.192. The number of aryl methyl sites for hydroxylation is 1. The number of carbonyl (C=O) groups is 1. The molecule has 3 rings (SSSR count). The minimum atomic E-state index is -0.326. The van der Waals surface area contributed by atoms with E-state index in [0.29, 0.717) is 25.3 Å². The number of hydrogen-bond donors (Lipinski definition) is 1. The zero-order valence-corrected chi connectivity index (χ0v) is 13.8. The van der Waals surface area contributed by atoms with Gasteiger partial charge in [-0.3, -0.25) is 9.89 Å². The fourth-order valence-electron chi connectivity index (χ4n) is 3.21. The molecule has 2 atom stereocenters. The predicted octanol–water partition coefficient (Wildman–Crippen LogP) is 1.68. The van der Waals surface area contributed by atoms with Crippen LogP contribution in [-0.2, 0) is 16.0 Å². The van der Waals surface area contributed by atoms with E-state index in [0.717, 1.165) is 11.6 Å². The van der Waals surface area contributed by atoms with E-state index in [1.165, 1.54) is 12.1 Å². The summed E-state index contributed by atoms with van der Waals surface area (Å²) >= 11 is 0. The monoisotopic (exact) mass is 332 g/mol. The highest BCUT2D eigenvalue weighted by molar-refractivity contribution is 5.79. The van der Waals surface area contributed by atoms with Crippen LogP contribution in [0, 0.1) is 18.7 Å². The minimum Gasteiger partial charge on any atom is -0.384 e. The second-order valence-electron chi connectivity index (χ2n) is 6.21. The van der Waals surface area contributed by atoms with Gasteiger partial charge in [-0.1, -0.05) is 12.1 Å². The van der Waals surface area contributed by atoms with Gasteiger partial charge < -0.3 is 9.64 Å². The smallest absolute Gasteiger partial charge is 0.227 e. The van der Waals surface area contributed by atoms with Crippen LogP contribution in [-0.4, -0.2) is 52.8 Å². The zero-order valence-electron chi connectivity index (χ0n) is 13.8. The van der Waals surface area contributed by atoms with E-state index in [1.807, 2.05) is 6.92 Å². The number of hydrogen-bond acceptors (Lipinski definition) is 4. The molecular formula is C17H21FN4O2. The number of nitrogens with one attached hydrogen (secondary N) is 1. The Morgan fingerprint density at radius 1 is 1.46 bits per heavy atom. The summed E-state index contributed by atoms with van der Waals surface area (Å²) in [5.74, 6) is 1.33. The van der Waals surface area contributed by atoms with E-state index in [2.05, 4.69) is 15.2 Å². The number of H-pyrrole nitrogens is 1. The minimum absolute atomic E-state index is 0.0172. The van der Waals surface area contributed by atoms with Gasteiger partial charge in [0.2, 0.25) is 5.91 Å². The topological polar surface area (TPSA) is 71.1 Å². The fourth-order valence-corrected chi connectivity index (χ4v) is 3.21. The molecule has 1 aromatic heterocycles. The molecule has 2 heterocycles. The average molecular weight is 332 g/mol. The van der Waals surface area contributed by atoms with Crippen LogP contribution in [0.25, 0.3) is 0 Å². The maximum absolute atomic E-state index is 13.3. The summed E-state index contributed by atoms with van der Waals surface area (Å²) in [7, 11) is 1.65. The van der Waals surface area contributed by atoms with Crippen molar-refractivity contribution in [3.8, 4) is 0 Å². The van der Waals surface area contributed by atoms with Gasteiger partial charge in [0.15, 0.2) is 5.82 Å². The fraction of sp³-hybridized carbons (Fsp3) is 0.471. The largest absolute Gasteiger partial charge is 0.384 e. The third-order valence-corrected chi connectivity index (χ3v) is 4.36. The number of benzene rings is 1. The number of methoxy groups -OCH3 is 1. The van der Waals surface area contributed by atoms with Crippen molar-refractivity contribution in [1.29, 1.82) is 0 Å². The SMILES string of the molecule is COCC1CN(C(=O)Cc2cccc(F)c2)CC1c1n[nH]c(C)n1. The van der Waals surface area contributed by atoms with Crippen LogP contribution in [0.3, 0.4) is 0 Å². The molecule has 0 radical (unpaired) electrons. The lowest BCUT2D eigenvalue weighted by Gasteiger charge is -2.16. The number of aromatic amines is 1. The third kappa shape index (κ3) is 3.62. The Bertz CT molecular complexity index is 718. The number of aromatic nitrogens is 3. The molecule has 6 nitrogen and oxygen atoms in total. The molecule has 2 aromatic rings. The number of carbonyl (C=O) groups excluding carboxylic acids is 1. The van der Waals surface area contributed by atoms with Gasteiger partial charge in [0.25, 0.3) is 0 Å². The summed E-state index contributed by atoms with van der Waals surface area (Å²) in [5.41, 5.74) is 0.681. The van der Waals surface area contributed by atoms with Gasteiger partial charge in [-0.15, -0.1) is 0 Å². The van der Waals surface area contributed by atoms with Crippen molar-refractivity contribution >= 4 is 5.91 Å². The first-order valence-corrected chi connectivity index (χ1v) is 7.97. The van der Waals surface area contributed by atoms with Crippen LogP contribution in [0.2, 0.25) is 0 Å². The molecule has 1 aromatic carbocycles. The van der Waals surface area contributed by atoms with Crippen molar-refractivity contribution in [3.63, 3.8) is 0 Å². The highest BCUT2D eigenvalue weighted by Crippen LogP contribution is 2.31. The number of amides is 1. The standard InChI is InChI=1S/C17H21FN4O2/c1-11-19-17(21-20-11)15-9-22(8-13(15)10-24-2)16(23)7-12-4-3-5-14(18)6-12/h3-6,13,15H,7-10H2,1-2H3,(H,19,20,21). The Balaban J connectivity index is 1.71. The second kappa shape index (κ2) is 7.09. The highest BCUT2D eigenvalue weighted by Gasteiger charge is 2.38. The lowest BCUT2D eigenvalue weighted by atomic mass is 9.96. The Hall–Kier alpha value is -2.28. The average Bonchev–Trinajstić information content (AvgIpc) is 3.14. The number of nitrogens with zero attached hydrogens (tertiary/aromatic N) is 3. The molecule has 1 amide bonds. The van der Waals surface area contributed by atoms with E-state index in [-0.39, 0.29) is 30.0 Å². The number of ether oxygens (including phenoxy) is 1. The van der Waals surface area contributed by atoms with Crippen LogP contribution in [0.15, 0.2) is 24.3 Å². The van der Waals surface area contributed by atoms with Crippen LogP contribution < -0.4 is 0 Å². The molecule has 1 saturated heterocycles. The van der Waals surface area contributed by atoms with Crippen molar-refractivity contribution in [2.45, 2.75) is 19.3 Å². The normalized spacial score (nSPS) is 20.5. The molecule has 0 spiro atoms. The molecule has 24 heavy (non-hydrogen) atoms. The van der Waals surface area contributed by atoms with Crippen LogP contribution >= 0.6 is 0 Å². The van der Waals surface area contributed by atoms with Crippen molar-refractivity contribution in [1.82, 2.24) is 20.1 Å². The van der Waals surface area contributed by atoms with Gasteiger partial charge in [0.05, 0.1) is 13.0 Å². The number of rotatable bonds is 5. The van der Waals surface area contributed by atoms with E-state index in [1.54, 1.807) is 24.1 Å². The molecule has 1 aliphatic rings. The molecule has 7 heteroatoms. The molecule has 128 valence electrons. The zero-order chi connectivity index (χ0) is 17.1.